The zero-order valence-electron chi connectivity index (χ0n) is 26.3. The zero-order valence-corrected chi connectivity index (χ0v) is 26.3. The number of carboxylic acid groups (broad SMARTS) is 1. The molecule has 2 aliphatic heterocycles. The van der Waals surface area contributed by atoms with Crippen LogP contribution in [-0.2, 0) is 22.3 Å². The van der Waals surface area contributed by atoms with Gasteiger partial charge in [-0.15, -0.1) is 0 Å². The van der Waals surface area contributed by atoms with E-state index >= 15 is 0 Å². The summed E-state index contributed by atoms with van der Waals surface area (Å²) in [6, 6.07) is 8.78. The maximum atomic E-state index is 13.8. The fourth-order valence-electron chi connectivity index (χ4n) is 6.82. The number of aliphatic carboxylic acids is 1. The van der Waals surface area contributed by atoms with Gasteiger partial charge < -0.3 is 19.5 Å². The van der Waals surface area contributed by atoms with Crippen LogP contribution in [0.4, 0.5) is 28.3 Å². The molecular weight excluding hydrogens is 620 g/mol. The molecule has 0 bridgehead atoms. The van der Waals surface area contributed by atoms with Gasteiger partial charge in [0.05, 0.1) is 50.0 Å². The highest BCUT2D eigenvalue weighted by Crippen LogP contribution is 2.42. The Morgan fingerprint density at radius 2 is 1.79 bits per heavy atom. The third-order valence-corrected chi connectivity index (χ3v) is 9.50. The van der Waals surface area contributed by atoms with Gasteiger partial charge in [0, 0.05) is 17.3 Å². The Hall–Kier alpha value is -4.42. The van der Waals surface area contributed by atoms with Gasteiger partial charge in [-0.3, -0.25) is 9.69 Å². The number of benzene rings is 2. The first-order chi connectivity index (χ1) is 22.3. The molecule has 1 N–H and O–H groups in total. The number of ether oxygens (including phenoxy) is 2. The first-order valence-electron chi connectivity index (χ1n) is 15.6. The molecule has 0 unspecified atom stereocenters. The second-order valence-corrected chi connectivity index (χ2v) is 12.7. The number of carboxylic acids is 1. The normalized spacial score (nSPS) is 23.4. The van der Waals surface area contributed by atoms with Crippen molar-refractivity contribution in [1.82, 2.24) is 14.9 Å². The van der Waals surface area contributed by atoms with Crippen LogP contribution in [0.25, 0.3) is 11.1 Å². The van der Waals surface area contributed by atoms with Crippen LogP contribution >= 0.6 is 0 Å². The van der Waals surface area contributed by atoms with Gasteiger partial charge in [0.25, 0.3) is 0 Å². The van der Waals surface area contributed by atoms with Gasteiger partial charge in [-0.05, 0) is 80.8 Å². The van der Waals surface area contributed by atoms with Crippen molar-refractivity contribution in [2.24, 2.45) is 5.92 Å². The number of carbonyl (C=O) groups is 2. The van der Waals surface area contributed by atoms with E-state index in [1.807, 2.05) is 18.2 Å². The van der Waals surface area contributed by atoms with Crippen LogP contribution < -0.4 is 9.64 Å². The van der Waals surface area contributed by atoms with E-state index in [1.54, 1.807) is 31.0 Å². The average molecular weight is 657 g/mol. The smallest absolute Gasteiger partial charge is 0.416 e. The first-order valence-corrected chi connectivity index (χ1v) is 15.6. The number of aromatic nitrogens is 2. The van der Waals surface area contributed by atoms with E-state index in [2.05, 4.69) is 4.98 Å². The Kier molecular flexibility index (Phi) is 8.75. The van der Waals surface area contributed by atoms with Crippen molar-refractivity contribution in [3.63, 3.8) is 0 Å². The number of hydrogen-bond donors (Lipinski definition) is 1. The number of rotatable bonds is 8. The molecule has 1 aromatic heterocycles. The van der Waals surface area contributed by atoms with Crippen molar-refractivity contribution in [2.45, 2.75) is 76.5 Å². The summed E-state index contributed by atoms with van der Waals surface area (Å²) in [6.07, 6.45) is -2.99. The lowest BCUT2D eigenvalue weighted by Crippen LogP contribution is -2.49. The van der Waals surface area contributed by atoms with Crippen molar-refractivity contribution < 1.29 is 41.7 Å². The van der Waals surface area contributed by atoms with Crippen molar-refractivity contribution in [2.75, 3.05) is 25.1 Å². The van der Waals surface area contributed by atoms with Gasteiger partial charge in [0.2, 0.25) is 5.95 Å². The fraction of sp³-hybridized carbons (Fsp3) is 0.471. The van der Waals surface area contributed by atoms with Crippen molar-refractivity contribution in [1.29, 1.82) is 0 Å². The Balaban J connectivity index is 1.34. The monoisotopic (exact) mass is 656 g/mol. The van der Waals surface area contributed by atoms with Crippen LogP contribution in [0.15, 0.2) is 42.6 Å². The number of amides is 1. The molecule has 47 heavy (non-hydrogen) atoms. The number of halogens is 4. The molecule has 6 rings (SSSR count). The molecule has 1 amide bonds. The lowest BCUT2D eigenvalue weighted by atomic mass is 9.78. The van der Waals surface area contributed by atoms with Crippen molar-refractivity contribution in [3.05, 3.63) is 70.5 Å². The zero-order chi connectivity index (χ0) is 33.6. The minimum Gasteiger partial charge on any atom is -0.496 e. The molecular formula is C34H36F4N4O5. The van der Waals surface area contributed by atoms with E-state index in [0.29, 0.717) is 46.9 Å². The summed E-state index contributed by atoms with van der Waals surface area (Å²) in [6.45, 7) is 3.49. The Morgan fingerprint density at radius 1 is 1.06 bits per heavy atom. The quantitative estimate of drug-likeness (QED) is 0.257. The number of hydrogen-bond acceptors (Lipinski definition) is 7. The van der Waals surface area contributed by atoms with Gasteiger partial charge >= 0.3 is 18.2 Å². The summed E-state index contributed by atoms with van der Waals surface area (Å²) < 4.78 is 65.9. The van der Waals surface area contributed by atoms with Crippen LogP contribution in [0.2, 0.25) is 0 Å². The van der Waals surface area contributed by atoms with Gasteiger partial charge in [0.15, 0.2) is 0 Å². The highest BCUT2D eigenvalue weighted by molar-refractivity contribution is 5.75. The third kappa shape index (κ3) is 6.57. The van der Waals surface area contributed by atoms with E-state index in [0.717, 1.165) is 30.5 Å². The van der Waals surface area contributed by atoms with Crippen LogP contribution in [0.1, 0.15) is 72.6 Å². The summed E-state index contributed by atoms with van der Waals surface area (Å²) in [5.41, 5.74) is 2.51. The lowest BCUT2D eigenvalue weighted by molar-refractivity contribution is -0.143. The molecule has 1 saturated carbocycles. The van der Waals surface area contributed by atoms with E-state index in [1.165, 1.54) is 12.0 Å². The maximum Gasteiger partial charge on any atom is 0.416 e. The summed E-state index contributed by atoms with van der Waals surface area (Å²) in [4.78, 5) is 37.2. The summed E-state index contributed by atoms with van der Waals surface area (Å²) >= 11 is 0. The number of carbonyl (C=O) groups excluding carboxylic acids is 1. The topological polar surface area (TPSA) is 105 Å². The Morgan fingerprint density at radius 3 is 2.43 bits per heavy atom. The van der Waals surface area contributed by atoms with E-state index in [4.69, 9.17) is 14.5 Å². The molecule has 2 atom stereocenters. The van der Waals surface area contributed by atoms with Crippen molar-refractivity contribution >= 4 is 18.0 Å². The van der Waals surface area contributed by atoms with Crippen molar-refractivity contribution in [3.8, 4) is 16.9 Å². The third-order valence-electron chi connectivity index (χ3n) is 9.50. The SMILES string of the molecule is COc1ccc(C2CCC(C(=O)O)CC2)cc1-c1cnc(N2CC(F)C2)nc1CN1C(=O)O[C@H](c2cc(C)cc(C(F)(F)F)c2)[C@@H]1C. The van der Waals surface area contributed by atoms with Gasteiger partial charge in [-0.2, -0.15) is 13.2 Å². The highest BCUT2D eigenvalue weighted by Gasteiger charge is 2.42. The van der Waals surface area contributed by atoms with Crippen LogP contribution in [0, 0.1) is 12.8 Å². The number of aryl methyl sites for hydroxylation is 1. The second kappa shape index (κ2) is 12.6. The van der Waals surface area contributed by atoms with E-state index < -0.39 is 42.1 Å². The second-order valence-electron chi connectivity index (χ2n) is 12.7. The van der Waals surface area contributed by atoms with Gasteiger partial charge in [0.1, 0.15) is 18.0 Å². The minimum atomic E-state index is -4.56. The molecule has 13 heteroatoms. The van der Waals surface area contributed by atoms with E-state index in [-0.39, 0.29) is 37.0 Å². The molecule has 9 nitrogen and oxygen atoms in total. The first kappa shape index (κ1) is 32.5. The maximum absolute atomic E-state index is 13.8. The Labute approximate surface area is 269 Å². The largest absolute Gasteiger partial charge is 0.496 e. The number of alkyl halides is 4. The summed E-state index contributed by atoms with van der Waals surface area (Å²) in [5, 5.41) is 9.44. The summed E-state index contributed by atoms with van der Waals surface area (Å²) in [5.74, 6) is -0.153. The van der Waals surface area contributed by atoms with Crippen LogP contribution in [0.3, 0.4) is 0 Å². The summed E-state index contributed by atoms with van der Waals surface area (Å²) in [7, 11) is 1.54. The molecule has 3 aromatic rings. The van der Waals surface area contributed by atoms with Gasteiger partial charge in [-0.1, -0.05) is 17.7 Å². The molecule has 250 valence electrons. The minimum absolute atomic E-state index is 0.0523. The van der Waals surface area contributed by atoms with E-state index in [9.17, 15) is 32.3 Å². The molecule has 3 heterocycles. The fourth-order valence-corrected chi connectivity index (χ4v) is 6.82. The van der Waals surface area contributed by atoms with Gasteiger partial charge in [-0.25, -0.2) is 19.2 Å². The number of anilines is 1. The molecule has 0 radical (unpaired) electrons. The molecule has 2 aromatic carbocycles. The molecule has 0 spiro atoms. The predicted molar refractivity (Wildman–Crippen MR) is 164 cm³/mol. The number of nitrogens with zero attached hydrogens (tertiary/aromatic N) is 4. The molecule has 3 fully saturated rings. The molecule has 1 aliphatic carbocycles. The standard InChI is InChI=1S/C34H36F4N4O5/c1-18-10-23(12-24(11-18)34(36,37)38)30-19(2)42(33(45)47-30)17-28-27(14-39-32(40-28)41-15-25(35)16-41)26-13-22(8-9-29(26)46-3)20-4-6-21(7-5-20)31(43)44/h8-14,19-21,25,30H,4-7,15-17H2,1-3H3,(H,43,44)/t19-,20?,21?,30-/m0/s1. The predicted octanol–water partition coefficient (Wildman–Crippen LogP) is 7.08. The Bertz CT molecular complexity index is 1670. The molecule has 2 saturated heterocycles. The van der Waals surface area contributed by atoms with Crippen LogP contribution in [-0.4, -0.2) is 64.4 Å². The number of methoxy groups -OCH3 is 1. The number of cyclic esters (lactones) is 1. The average Bonchev–Trinajstić information content (AvgIpc) is 3.30. The lowest BCUT2D eigenvalue weighted by Gasteiger charge is -2.34. The van der Waals surface area contributed by atoms with Crippen LogP contribution in [0.5, 0.6) is 5.75 Å². The highest BCUT2D eigenvalue weighted by atomic mass is 19.4. The molecule has 3 aliphatic rings.